The van der Waals surface area contributed by atoms with Gasteiger partial charge in [-0.3, -0.25) is 4.79 Å². The van der Waals surface area contributed by atoms with Crippen LogP contribution in [0.3, 0.4) is 0 Å². The topological polar surface area (TPSA) is 75.1 Å². The molecule has 6 heteroatoms. The zero-order valence-electron chi connectivity index (χ0n) is 9.96. The molecular weight excluding hydrogens is 262 g/mol. The lowest BCUT2D eigenvalue weighted by Crippen LogP contribution is -2.12. The van der Waals surface area contributed by atoms with Gasteiger partial charge in [-0.05, 0) is 35.8 Å². The van der Waals surface area contributed by atoms with Crippen molar-refractivity contribution in [2.45, 2.75) is 6.42 Å². The summed E-state index contributed by atoms with van der Waals surface area (Å²) >= 11 is 1.13. The molecule has 96 valence electrons. The van der Waals surface area contributed by atoms with Crippen LogP contribution < -0.4 is 5.32 Å². The molecule has 19 heavy (non-hydrogen) atoms. The summed E-state index contributed by atoms with van der Waals surface area (Å²) in [6.07, 6.45) is 0.454. The third kappa shape index (κ3) is 3.88. The minimum atomic E-state index is -0.284. The third-order valence-corrected chi connectivity index (χ3v) is 2.71. The van der Waals surface area contributed by atoms with Gasteiger partial charge in [-0.15, -0.1) is 5.10 Å². The van der Waals surface area contributed by atoms with E-state index in [0.717, 1.165) is 17.1 Å². The predicted octanol–water partition coefficient (Wildman–Crippen LogP) is 1.52. The number of aliphatic hydroxyl groups is 1. The summed E-state index contributed by atoms with van der Waals surface area (Å²) < 4.78 is 3.63. The van der Waals surface area contributed by atoms with Gasteiger partial charge in [0.05, 0.1) is 6.61 Å². The number of carbonyl (C=O) groups excluding carboxylic acids is 1. The maximum atomic E-state index is 11.7. The largest absolute Gasteiger partial charge is 0.395 e. The highest BCUT2D eigenvalue weighted by atomic mass is 32.1. The van der Waals surface area contributed by atoms with Gasteiger partial charge in [0.15, 0.2) is 5.69 Å². The molecular formula is C13H11N3O2S. The predicted molar refractivity (Wildman–Crippen MR) is 72.9 cm³/mol. The van der Waals surface area contributed by atoms with E-state index >= 15 is 0 Å². The quantitative estimate of drug-likeness (QED) is 0.831. The first-order chi connectivity index (χ1) is 9.29. The van der Waals surface area contributed by atoms with E-state index in [0.29, 0.717) is 17.8 Å². The second kappa shape index (κ2) is 6.64. The molecule has 1 heterocycles. The van der Waals surface area contributed by atoms with Crippen LogP contribution in [0.15, 0.2) is 29.6 Å². The van der Waals surface area contributed by atoms with Gasteiger partial charge in [-0.25, -0.2) is 0 Å². The van der Waals surface area contributed by atoms with Crippen molar-refractivity contribution in [3.05, 3.63) is 40.9 Å². The maximum absolute atomic E-state index is 11.7. The van der Waals surface area contributed by atoms with Crippen molar-refractivity contribution in [3.63, 3.8) is 0 Å². The lowest BCUT2D eigenvalue weighted by molar-refractivity contribution is 0.102. The van der Waals surface area contributed by atoms with Crippen LogP contribution in [0.1, 0.15) is 22.5 Å². The molecule has 0 unspecified atom stereocenters. The average Bonchev–Trinajstić information content (AvgIpc) is 2.95. The highest BCUT2D eigenvalue weighted by Crippen LogP contribution is 2.10. The first-order valence-corrected chi connectivity index (χ1v) is 6.41. The number of anilines is 1. The van der Waals surface area contributed by atoms with E-state index in [-0.39, 0.29) is 12.5 Å². The van der Waals surface area contributed by atoms with E-state index < -0.39 is 0 Å². The molecule has 0 saturated heterocycles. The van der Waals surface area contributed by atoms with Gasteiger partial charge >= 0.3 is 0 Å². The Morgan fingerprint density at radius 2 is 2.16 bits per heavy atom. The first-order valence-electron chi connectivity index (χ1n) is 5.58. The lowest BCUT2D eigenvalue weighted by Gasteiger charge is -2.02. The van der Waals surface area contributed by atoms with Crippen LogP contribution in [0.25, 0.3) is 0 Å². The molecule has 0 radical (unpaired) electrons. The van der Waals surface area contributed by atoms with Crippen molar-refractivity contribution >= 4 is 23.1 Å². The summed E-state index contributed by atoms with van der Waals surface area (Å²) in [5.74, 6) is 5.46. The second-order valence-electron chi connectivity index (χ2n) is 3.60. The van der Waals surface area contributed by atoms with E-state index in [1.165, 1.54) is 0 Å². The van der Waals surface area contributed by atoms with E-state index in [9.17, 15) is 4.79 Å². The molecule has 0 fully saturated rings. The molecule has 2 N–H and O–H groups in total. The minimum absolute atomic E-state index is 0.0584. The van der Waals surface area contributed by atoms with Crippen molar-refractivity contribution in [3.8, 4) is 11.8 Å². The molecule has 0 spiro atoms. The third-order valence-electron chi connectivity index (χ3n) is 2.20. The van der Waals surface area contributed by atoms with Gasteiger partial charge in [-0.1, -0.05) is 16.3 Å². The van der Waals surface area contributed by atoms with Crippen LogP contribution in [0.4, 0.5) is 5.69 Å². The number of aromatic nitrogens is 2. The Bertz CT molecular complexity index is 597. The Labute approximate surface area is 114 Å². The summed E-state index contributed by atoms with van der Waals surface area (Å²) in [5, 5.41) is 16.6. The van der Waals surface area contributed by atoms with Crippen molar-refractivity contribution in [1.82, 2.24) is 9.59 Å². The number of aliphatic hydroxyl groups excluding tert-OH is 1. The molecule has 1 aromatic carbocycles. The Hall–Kier alpha value is -2.23. The maximum Gasteiger partial charge on any atom is 0.277 e. The van der Waals surface area contributed by atoms with E-state index in [2.05, 4.69) is 26.7 Å². The number of nitrogens with one attached hydrogen (secondary N) is 1. The van der Waals surface area contributed by atoms with E-state index in [4.69, 9.17) is 5.11 Å². The Balaban J connectivity index is 1.99. The van der Waals surface area contributed by atoms with Crippen LogP contribution in [-0.2, 0) is 0 Å². The molecule has 0 saturated carbocycles. The fourth-order valence-electron chi connectivity index (χ4n) is 1.32. The van der Waals surface area contributed by atoms with Crippen LogP contribution in [-0.4, -0.2) is 27.2 Å². The lowest BCUT2D eigenvalue weighted by atomic mass is 10.2. The Morgan fingerprint density at radius 1 is 1.37 bits per heavy atom. The van der Waals surface area contributed by atoms with Gasteiger partial charge in [0, 0.05) is 23.1 Å². The normalized spacial score (nSPS) is 9.53. The molecule has 0 atom stereocenters. The van der Waals surface area contributed by atoms with Gasteiger partial charge in [0.2, 0.25) is 0 Å². The van der Waals surface area contributed by atoms with Crippen LogP contribution >= 0.6 is 11.5 Å². The number of rotatable bonds is 3. The Kier molecular flexibility index (Phi) is 4.61. The van der Waals surface area contributed by atoms with Gasteiger partial charge in [-0.2, -0.15) is 0 Å². The molecule has 1 aromatic heterocycles. The van der Waals surface area contributed by atoms with Gasteiger partial charge in [0.1, 0.15) is 0 Å². The molecule has 0 aliphatic rings. The van der Waals surface area contributed by atoms with Gasteiger partial charge in [0.25, 0.3) is 5.91 Å². The molecule has 2 aromatic rings. The molecule has 0 aliphatic carbocycles. The average molecular weight is 273 g/mol. The fraction of sp³-hybridized carbons (Fsp3) is 0.154. The summed E-state index contributed by atoms with van der Waals surface area (Å²) in [5.41, 5.74) is 1.81. The zero-order chi connectivity index (χ0) is 13.5. The summed E-state index contributed by atoms with van der Waals surface area (Å²) in [6, 6.07) is 7.14. The van der Waals surface area contributed by atoms with Crippen molar-refractivity contribution in [1.29, 1.82) is 0 Å². The summed E-state index contributed by atoms with van der Waals surface area (Å²) in [7, 11) is 0. The van der Waals surface area contributed by atoms with Gasteiger partial charge < -0.3 is 10.4 Å². The number of nitrogens with zero attached hydrogens (tertiary/aromatic N) is 2. The standard InChI is InChI=1S/C13H11N3O2S/c17-8-2-1-3-10-4-6-11(7-5-10)14-13(18)12-9-19-16-15-12/h4-7,9,17H,2,8H2,(H,14,18). The SMILES string of the molecule is O=C(Nc1ccc(C#CCCO)cc1)c1csnn1. The van der Waals surface area contributed by atoms with Crippen molar-refractivity contribution in [2.24, 2.45) is 0 Å². The first kappa shape index (κ1) is 13.2. The number of carbonyl (C=O) groups is 1. The summed E-state index contributed by atoms with van der Waals surface area (Å²) in [6.45, 7) is 0.0584. The highest BCUT2D eigenvalue weighted by molar-refractivity contribution is 7.03. The van der Waals surface area contributed by atoms with Crippen LogP contribution in [0.2, 0.25) is 0 Å². The zero-order valence-corrected chi connectivity index (χ0v) is 10.8. The highest BCUT2D eigenvalue weighted by Gasteiger charge is 2.08. The molecule has 0 aliphatic heterocycles. The minimum Gasteiger partial charge on any atom is -0.395 e. The number of hydrogen-bond acceptors (Lipinski definition) is 5. The van der Waals surface area contributed by atoms with Crippen LogP contribution in [0, 0.1) is 11.8 Å². The molecule has 0 bridgehead atoms. The van der Waals surface area contributed by atoms with Crippen LogP contribution in [0.5, 0.6) is 0 Å². The second-order valence-corrected chi connectivity index (χ2v) is 4.21. The monoisotopic (exact) mass is 273 g/mol. The summed E-state index contributed by atoms with van der Waals surface area (Å²) in [4.78, 5) is 11.7. The Morgan fingerprint density at radius 3 is 2.79 bits per heavy atom. The fourth-order valence-corrected chi connectivity index (χ4v) is 1.75. The smallest absolute Gasteiger partial charge is 0.277 e. The van der Waals surface area contributed by atoms with E-state index in [1.807, 2.05) is 0 Å². The van der Waals surface area contributed by atoms with Crippen molar-refractivity contribution in [2.75, 3.05) is 11.9 Å². The number of hydrogen-bond donors (Lipinski definition) is 2. The number of amides is 1. The number of benzene rings is 1. The molecule has 1 amide bonds. The van der Waals surface area contributed by atoms with Crippen molar-refractivity contribution < 1.29 is 9.90 Å². The van der Waals surface area contributed by atoms with E-state index in [1.54, 1.807) is 29.6 Å². The molecule has 5 nitrogen and oxygen atoms in total. The molecule has 2 rings (SSSR count).